The van der Waals surface area contributed by atoms with Gasteiger partial charge in [-0.2, -0.15) is 0 Å². The number of aryl methyl sites for hydroxylation is 1. The molecule has 1 fully saturated rings. The maximum absolute atomic E-state index is 5.46. The monoisotopic (exact) mass is 521 g/mol. The first-order valence-corrected chi connectivity index (χ1v) is 14.0. The van der Waals surface area contributed by atoms with Crippen molar-refractivity contribution in [2.75, 3.05) is 48.5 Å². The van der Waals surface area contributed by atoms with Gasteiger partial charge in [-0.25, -0.2) is 9.98 Å². The average Bonchev–Trinajstić information content (AvgIpc) is 3.20. The van der Waals surface area contributed by atoms with Gasteiger partial charge in [0, 0.05) is 50.4 Å². The van der Waals surface area contributed by atoms with Gasteiger partial charge in [0.1, 0.15) is 0 Å². The third kappa shape index (κ3) is 6.59. The Hall–Kier alpha value is -3.17. The number of aliphatic imine (C=N–C) groups is 2. The summed E-state index contributed by atoms with van der Waals surface area (Å²) in [5.74, 6) is 0. The molecule has 3 aliphatic rings. The lowest BCUT2D eigenvalue weighted by atomic mass is 10.1. The maximum Gasteiger partial charge on any atom is 0.194 e. The first-order chi connectivity index (χ1) is 18.1. The number of rotatable bonds is 6. The van der Waals surface area contributed by atoms with Gasteiger partial charge < -0.3 is 25.2 Å². The second-order valence-electron chi connectivity index (χ2n) is 8.96. The summed E-state index contributed by atoms with van der Waals surface area (Å²) in [4.78, 5) is 19.8. The van der Waals surface area contributed by atoms with E-state index < -0.39 is 0 Å². The topological polar surface area (TPSA) is 77.4 Å². The van der Waals surface area contributed by atoms with Crippen molar-refractivity contribution >= 4 is 46.0 Å². The Morgan fingerprint density at radius 3 is 2.65 bits per heavy atom. The molecule has 198 valence electrons. The predicted octanol–water partition coefficient (Wildman–Crippen LogP) is 4.95. The number of nitrogens with one attached hydrogen (secondary N) is 2. The molecule has 0 spiro atoms. The predicted molar refractivity (Wildman–Crippen MR) is 159 cm³/mol. The number of nitrogens with zero attached hydrogens (tertiary/aromatic N) is 5. The van der Waals surface area contributed by atoms with Gasteiger partial charge in [0.2, 0.25) is 0 Å². The van der Waals surface area contributed by atoms with Crippen molar-refractivity contribution < 1.29 is 4.74 Å². The van der Waals surface area contributed by atoms with Gasteiger partial charge in [0.25, 0.3) is 0 Å². The van der Waals surface area contributed by atoms with Gasteiger partial charge >= 0.3 is 0 Å². The molecule has 3 aliphatic heterocycles. The van der Waals surface area contributed by atoms with Crippen LogP contribution in [0.4, 0.5) is 16.5 Å². The van der Waals surface area contributed by atoms with Crippen LogP contribution >= 0.6 is 11.3 Å². The fourth-order valence-corrected chi connectivity index (χ4v) is 5.58. The molecule has 1 saturated heterocycles. The minimum atomic E-state index is -0.244. The van der Waals surface area contributed by atoms with Gasteiger partial charge in [-0.15, -0.1) is 0 Å². The summed E-state index contributed by atoms with van der Waals surface area (Å²) in [6, 6.07) is 8.90. The molecule has 3 unspecified atom stereocenters. The number of hydrogen-bond acceptors (Lipinski definition) is 9. The molecular formula is C28H39N7OS. The van der Waals surface area contributed by atoms with Crippen LogP contribution in [0, 0.1) is 6.92 Å². The Morgan fingerprint density at radius 2 is 1.89 bits per heavy atom. The summed E-state index contributed by atoms with van der Waals surface area (Å²) < 4.78 is 5.46. The van der Waals surface area contributed by atoms with Crippen molar-refractivity contribution in [3.05, 3.63) is 53.1 Å². The first kappa shape index (κ1) is 26.9. The molecule has 1 aromatic heterocycles. The van der Waals surface area contributed by atoms with Crippen LogP contribution in [-0.4, -0.2) is 69.1 Å². The van der Waals surface area contributed by atoms with E-state index in [9.17, 15) is 0 Å². The zero-order valence-electron chi connectivity index (χ0n) is 22.5. The molecule has 2 aromatic rings. The SMILES string of the molecule is CC.Cc1nc(N(C)C2C=CCC=NC2C)sc1C1=CC=NC(Nc2ccc(N3CCOCC3)cc2)N1. The number of likely N-dealkylation sites (N-methyl/N-ethyl adjacent to an activating group) is 1. The van der Waals surface area contributed by atoms with Crippen LogP contribution in [0.3, 0.4) is 0 Å². The lowest BCUT2D eigenvalue weighted by Gasteiger charge is -2.29. The summed E-state index contributed by atoms with van der Waals surface area (Å²) in [6.45, 7) is 11.7. The van der Waals surface area contributed by atoms with E-state index in [2.05, 4.69) is 87.7 Å². The molecule has 0 aliphatic carbocycles. The molecule has 2 N–H and O–H groups in total. The Labute approximate surface area is 224 Å². The molecule has 0 saturated carbocycles. The molecule has 4 heterocycles. The van der Waals surface area contributed by atoms with Crippen LogP contribution in [0.5, 0.6) is 0 Å². The summed E-state index contributed by atoms with van der Waals surface area (Å²) in [7, 11) is 2.10. The van der Waals surface area contributed by atoms with Crippen molar-refractivity contribution in [3.8, 4) is 0 Å². The lowest BCUT2D eigenvalue weighted by molar-refractivity contribution is 0.122. The highest BCUT2D eigenvalue weighted by molar-refractivity contribution is 7.16. The molecule has 1 aromatic carbocycles. The van der Waals surface area contributed by atoms with Crippen LogP contribution in [0.25, 0.3) is 5.70 Å². The van der Waals surface area contributed by atoms with E-state index in [1.807, 2.05) is 32.4 Å². The van der Waals surface area contributed by atoms with Gasteiger partial charge in [-0.3, -0.25) is 4.99 Å². The molecule has 0 radical (unpaired) electrons. The lowest BCUT2D eigenvalue weighted by Crippen LogP contribution is -2.37. The van der Waals surface area contributed by atoms with Gasteiger partial charge in [-0.1, -0.05) is 37.3 Å². The van der Waals surface area contributed by atoms with Crippen LogP contribution in [-0.2, 0) is 4.74 Å². The Kier molecular flexibility index (Phi) is 9.35. The Bertz CT molecular complexity index is 1130. The number of ether oxygens (including phenoxy) is 1. The molecule has 3 atom stereocenters. The molecule has 8 nitrogen and oxygen atoms in total. The highest BCUT2D eigenvalue weighted by atomic mass is 32.1. The Morgan fingerprint density at radius 1 is 1.14 bits per heavy atom. The number of anilines is 3. The Balaban J connectivity index is 0.00000156. The molecule has 5 rings (SSSR count). The summed E-state index contributed by atoms with van der Waals surface area (Å²) in [5.41, 5.74) is 4.28. The molecule has 0 bridgehead atoms. The van der Waals surface area contributed by atoms with Crippen molar-refractivity contribution in [2.45, 2.75) is 52.5 Å². The van der Waals surface area contributed by atoms with E-state index in [4.69, 9.17) is 9.72 Å². The van der Waals surface area contributed by atoms with Crippen molar-refractivity contribution in [1.82, 2.24) is 10.3 Å². The van der Waals surface area contributed by atoms with Crippen molar-refractivity contribution in [1.29, 1.82) is 0 Å². The van der Waals surface area contributed by atoms with E-state index in [1.54, 1.807) is 11.3 Å². The minimum absolute atomic E-state index is 0.189. The number of allylic oxidation sites excluding steroid dienone is 2. The zero-order valence-corrected chi connectivity index (χ0v) is 23.3. The van der Waals surface area contributed by atoms with Crippen LogP contribution in [0.15, 0.2) is 52.5 Å². The van der Waals surface area contributed by atoms with E-state index in [0.717, 1.165) is 59.8 Å². The summed E-state index contributed by atoms with van der Waals surface area (Å²) in [5, 5.41) is 8.00. The summed E-state index contributed by atoms with van der Waals surface area (Å²) in [6.07, 6.45) is 10.9. The zero-order chi connectivity index (χ0) is 26.2. The third-order valence-corrected chi connectivity index (χ3v) is 7.79. The number of morpholine rings is 1. The number of benzene rings is 1. The average molecular weight is 522 g/mol. The van der Waals surface area contributed by atoms with E-state index >= 15 is 0 Å². The van der Waals surface area contributed by atoms with Gasteiger partial charge in [0.15, 0.2) is 11.4 Å². The van der Waals surface area contributed by atoms with Crippen LogP contribution < -0.4 is 20.4 Å². The molecule has 37 heavy (non-hydrogen) atoms. The van der Waals surface area contributed by atoms with Crippen LogP contribution in [0.2, 0.25) is 0 Å². The quantitative estimate of drug-likeness (QED) is 0.524. The smallest absolute Gasteiger partial charge is 0.194 e. The van der Waals surface area contributed by atoms with Gasteiger partial charge in [0.05, 0.1) is 41.6 Å². The van der Waals surface area contributed by atoms with Crippen molar-refractivity contribution in [3.63, 3.8) is 0 Å². The van der Waals surface area contributed by atoms with Gasteiger partial charge in [-0.05, 0) is 44.2 Å². The van der Waals surface area contributed by atoms with E-state index in [0.29, 0.717) is 0 Å². The number of aromatic nitrogens is 1. The minimum Gasteiger partial charge on any atom is -0.378 e. The fraction of sp³-hybridized carbons (Fsp3) is 0.464. The highest BCUT2D eigenvalue weighted by Gasteiger charge is 2.24. The third-order valence-electron chi connectivity index (χ3n) is 6.50. The normalized spacial score (nSPS) is 22.9. The van der Waals surface area contributed by atoms with Crippen LogP contribution in [0.1, 0.15) is 37.8 Å². The molecular weight excluding hydrogens is 482 g/mol. The molecule has 0 amide bonds. The number of hydrogen-bond donors (Lipinski definition) is 2. The molecule has 9 heteroatoms. The fourth-order valence-electron chi connectivity index (χ4n) is 4.52. The summed E-state index contributed by atoms with van der Waals surface area (Å²) >= 11 is 1.70. The van der Waals surface area contributed by atoms with E-state index in [-0.39, 0.29) is 18.4 Å². The first-order valence-electron chi connectivity index (χ1n) is 13.2. The van der Waals surface area contributed by atoms with Crippen molar-refractivity contribution in [2.24, 2.45) is 9.98 Å². The second-order valence-corrected chi connectivity index (χ2v) is 9.94. The highest BCUT2D eigenvalue weighted by Crippen LogP contribution is 2.33. The second kappa shape index (κ2) is 12.9. The number of thiazole rings is 1. The van der Waals surface area contributed by atoms with E-state index in [1.165, 1.54) is 5.69 Å². The maximum atomic E-state index is 5.46. The standard InChI is InChI=1S/C26H33N7OS.C2H6/c1-18-23(6-4-5-12-27-18)32(3)26-29-19(2)24(35-26)22-11-13-28-25(31-22)30-20-7-9-21(10-8-20)33-14-16-34-17-15-33;1-2/h4,6-13,18,23,25,30-31H,5,14-17H2,1-3H3;1-2H3. The largest absolute Gasteiger partial charge is 0.378 e.